The number of hydrogen-bond donors (Lipinski definition) is 1. The molecule has 1 N–H and O–H groups in total. The van der Waals surface area contributed by atoms with Crippen molar-refractivity contribution in [1.29, 1.82) is 0 Å². The number of ether oxygens (including phenoxy) is 1. The van der Waals surface area contributed by atoms with Crippen LogP contribution in [0.15, 0.2) is 48.5 Å². The van der Waals surface area contributed by atoms with Gasteiger partial charge in [0.15, 0.2) is 6.61 Å². The molecule has 104 valence electrons. The van der Waals surface area contributed by atoms with Crippen LogP contribution in [0.25, 0.3) is 0 Å². The Kier molecular flexibility index (Phi) is 5.02. The molecule has 0 aliphatic heterocycles. The van der Waals surface area contributed by atoms with E-state index in [9.17, 15) is 4.79 Å². The smallest absolute Gasteiger partial charge is 0.262 e. The van der Waals surface area contributed by atoms with Crippen LogP contribution >= 0.6 is 11.6 Å². The lowest BCUT2D eigenvalue weighted by atomic mass is 10.1. The molecule has 3 nitrogen and oxygen atoms in total. The van der Waals surface area contributed by atoms with E-state index in [2.05, 4.69) is 12.2 Å². The molecule has 0 spiro atoms. The van der Waals surface area contributed by atoms with Crippen LogP contribution in [0.4, 0.5) is 5.69 Å². The van der Waals surface area contributed by atoms with Gasteiger partial charge in [-0.25, -0.2) is 0 Å². The third kappa shape index (κ3) is 4.00. The second-order valence-electron chi connectivity index (χ2n) is 4.31. The van der Waals surface area contributed by atoms with E-state index in [-0.39, 0.29) is 12.5 Å². The molecule has 0 aliphatic carbocycles. The van der Waals surface area contributed by atoms with Gasteiger partial charge in [0.25, 0.3) is 5.91 Å². The molecule has 2 aromatic carbocycles. The van der Waals surface area contributed by atoms with Crippen LogP contribution in [-0.4, -0.2) is 12.5 Å². The van der Waals surface area contributed by atoms with Crippen LogP contribution in [-0.2, 0) is 11.2 Å². The van der Waals surface area contributed by atoms with Crippen molar-refractivity contribution >= 4 is 23.2 Å². The van der Waals surface area contributed by atoms with Crippen molar-refractivity contribution in [3.63, 3.8) is 0 Å². The van der Waals surface area contributed by atoms with Gasteiger partial charge in [0, 0.05) is 10.7 Å². The van der Waals surface area contributed by atoms with Crippen molar-refractivity contribution in [1.82, 2.24) is 0 Å². The summed E-state index contributed by atoms with van der Waals surface area (Å²) >= 11 is 5.79. The lowest BCUT2D eigenvalue weighted by molar-refractivity contribution is -0.118. The zero-order valence-electron chi connectivity index (χ0n) is 11.2. The molecule has 0 aliphatic rings. The Hall–Kier alpha value is -2.00. The Bertz CT molecular complexity index is 581. The normalized spacial score (nSPS) is 10.1. The number of aryl methyl sites for hydroxylation is 1. The molecule has 0 fully saturated rings. The van der Waals surface area contributed by atoms with Crippen molar-refractivity contribution in [3.05, 3.63) is 59.1 Å². The summed E-state index contributed by atoms with van der Waals surface area (Å²) in [6.45, 7) is 2.04. The molecule has 0 radical (unpaired) electrons. The van der Waals surface area contributed by atoms with Gasteiger partial charge in [0.05, 0.1) is 0 Å². The van der Waals surface area contributed by atoms with Gasteiger partial charge < -0.3 is 10.1 Å². The van der Waals surface area contributed by atoms with Crippen molar-refractivity contribution < 1.29 is 9.53 Å². The van der Waals surface area contributed by atoms with E-state index in [0.717, 1.165) is 17.7 Å². The fraction of sp³-hybridized carbons (Fsp3) is 0.188. The Balaban J connectivity index is 1.90. The minimum absolute atomic E-state index is 0.0142. The summed E-state index contributed by atoms with van der Waals surface area (Å²) in [6, 6.07) is 14.7. The third-order valence-electron chi connectivity index (χ3n) is 2.84. The standard InChI is InChI=1S/C16H16ClNO2/c1-2-12-5-3-4-6-15(12)20-11-16(19)18-14-9-7-13(17)8-10-14/h3-10H,2,11H2,1H3,(H,18,19). The second kappa shape index (κ2) is 6.96. The number of para-hydroxylation sites is 1. The van der Waals surface area contributed by atoms with Gasteiger partial charge in [-0.2, -0.15) is 0 Å². The summed E-state index contributed by atoms with van der Waals surface area (Å²) in [6.07, 6.45) is 0.870. The zero-order valence-corrected chi connectivity index (χ0v) is 12.0. The number of amides is 1. The summed E-state index contributed by atoms with van der Waals surface area (Å²) in [5.41, 5.74) is 1.79. The molecule has 20 heavy (non-hydrogen) atoms. The van der Waals surface area contributed by atoms with E-state index in [4.69, 9.17) is 16.3 Å². The number of anilines is 1. The first kappa shape index (κ1) is 14.4. The second-order valence-corrected chi connectivity index (χ2v) is 4.74. The number of carbonyl (C=O) groups is 1. The molecular weight excluding hydrogens is 274 g/mol. The molecular formula is C16H16ClNO2. The maximum atomic E-state index is 11.8. The van der Waals surface area contributed by atoms with Crippen molar-refractivity contribution in [2.45, 2.75) is 13.3 Å². The van der Waals surface area contributed by atoms with Gasteiger partial charge in [0.1, 0.15) is 5.75 Å². The first-order valence-electron chi connectivity index (χ1n) is 6.45. The molecule has 0 saturated heterocycles. The summed E-state index contributed by atoms with van der Waals surface area (Å²) in [7, 11) is 0. The van der Waals surface area contributed by atoms with Crippen LogP contribution in [0.1, 0.15) is 12.5 Å². The Morgan fingerprint density at radius 3 is 2.55 bits per heavy atom. The van der Waals surface area contributed by atoms with Crippen LogP contribution in [0, 0.1) is 0 Å². The van der Waals surface area contributed by atoms with E-state index >= 15 is 0 Å². The maximum absolute atomic E-state index is 11.8. The number of hydrogen-bond acceptors (Lipinski definition) is 2. The topological polar surface area (TPSA) is 38.3 Å². The Morgan fingerprint density at radius 2 is 1.85 bits per heavy atom. The molecule has 4 heteroatoms. The van der Waals surface area contributed by atoms with Crippen LogP contribution in [0.3, 0.4) is 0 Å². The predicted molar refractivity (Wildman–Crippen MR) is 81.4 cm³/mol. The average Bonchev–Trinajstić information content (AvgIpc) is 2.48. The first-order chi connectivity index (χ1) is 9.69. The van der Waals surface area contributed by atoms with Crippen LogP contribution in [0.5, 0.6) is 5.75 Å². The fourth-order valence-corrected chi connectivity index (χ4v) is 1.94. The monoisotopic (exact) mass is 289 g/mol. The third-order valence-corrected chi connectivity index (χ3v) is 3.09. The van der Waals surface area contributed by atoms with Crippen LogP contribution in [0.2, 0.25) is 5.02 Å². The molecule has 2 rings (SSSR count). The molecule has 0 saturated carbocycles. The fourth-order valence-electron chi connectivity index (χ4n) is 1.81. The molecule has 0 aromatic heterocycles. The van der Waals surface area contributed by atoms with Gasteiger partial charge in [-0.05, 0) is 42.3 Å². The van der Waals surface area contributed by atoms with Crippen molar-refractivity contribution in [2.75, 3.05) is 11.9 Å². The lowest BCUT2D eigenvalue weighted by Crippen LogP contribution is -2.20. The van der Waals surface area contributed by atoms with Crippen LogP contribution < -0.4 is 10.1 Å². The maximum Gasteiger partial charge on any atom is 0.262 e. The SMILES string of the molecule is CCc1ccccc1OCC(=O)Nc1ccc(Cl)cc1. The van der Waals surface area contributed by atoms with Gasteiger partial charge in [-0.1, -0.05) is 36.7 Å². The summed E-state index contributed by atoms with van der Waals surface area (Å²) in [5, 5.41) is 3.39. The highest BCUT2D eigenvalue weighted by atomic mass is 35.5. The lowest BCUT2D eigenvalue weighted by Gasteiger charge is -2.10. The molecule has 1 amide bonds. The van der Waals surface area contributed by atoms with E-state index in [0.29, 0.717) is 10.7 Å². The largest absolute Gasteiger partial charge is 0.483 e. The van der Waals surface area contributed by atoms with Crippen molar-refractivity contribution in [2.24, 2.45) is 0 Å². The average molecular weight is 290 g/mol. The van der Waals surface area contributed by atoms with Gasteiger partial charge in [-0.15, -0.1) is 0 Å². The quantitative estimate of drug-likeness (QED) is 0.906. The number of rotatable bonds is 5. The molecule has 0 bridgehead atoms. The molecule has 0 heterocycles. The number of halogens is 1. The van der Waals surface area contributed by atoms with E-state index in [1.54, 1.807) is 24.3 Å². The molecule has 0 atom stereocenters. The first-order valence-corrected chi connectivity index (χ1v) is 6.83. The zero-order chi connectivity index (χ0) is 14.4. The van der Waals surface area contributed by atoms with Gasteiger partial charge >= 0.3 is 0 Å². The highest BCUT2D eigenvalue weighted by Gasteiger charge is 2.06. The number of carbonyl (C=O) groups excluding carboxylic acids is 1. The van der Waals surface area contributed by atoms with Gasteiger partial charge in [-0.3, -0.25) is 4.79 Å². The Labute approximate surface area is 123 Å². The number of nitrogens with one attached hydrogen (secondary N) is 1. The predicted octanol–water partition coefficient (Wildman–Crippen LogP) is 3.92. The van der Waals surface area contributed by atoms with Crippen molar-refractivity contribution in [3.8, 4) is 5.75 Å². The van der Waals surface area contributed by atoms with E-state index < -0.39 is 0 Å². The van der Waals surface area contributed by atoms with Gasteiger partial charge in [0.2, 0.25) is 0 Å². The summed E-state index contributed by atoms with van der Waals surface area (Å²) in [4.78, 5) is 11.8. The molecule has 2 aromatic rings. The highest BCUT2D eigenvalue weighted by molar-refractivity contribution is 6.30. The Morgan fingerprint density at radius 1 is 1.15 bits per heavy atom. The highest BCUT2D eigenvalue weighted by Crippen LogP contribution is 2.18. The van der Waals surface area contributed by atoms with E-state index in [1.165, 1.54) is 0 Å². The molecule has 0 unspecified atom stereocenters. The summed E-state index contributed by atoms with van der Waals surface area (Å²) in [5.74, 6) is 0.555. The van der Waals surface area contributed by atoms with E-state index in [1.807, 2.05) is 24.3 Å². The summed E-state index contributed by atoms with van der Waals surface area (Å²) < 4.78 is 5.55. The minimum Gasteiger partial charge on any atom is -0.483 e. The number of benzene rings is 2. The minimum atomic E-state index is -0.196.